The lowest BCUT2D eigenvalue weighted by molar-refractivity contribution is -0.116. The first-order chi connectivity index (χ1) is 13.9. The number of fused-ring (bicyclic) bond motifs is 1. The van der Waals surface area contributed by atoms with E-state index in [2.05, 4.69) is 10.3 Å². The van der Waals surface area contributed by atoms with Crippen LogP contribution in [0.5, 0.6) is 11.5 Å². The highest BCUT2D eigenvalue weighted by molar-refractivity contribution is 5.92. The number of nitrogens with one attached hydrogen (secondary N) is 1. The third kappa shape index (κ3) is 3.71. The monoisotopic (exact) mass is 398 g/mol. The molecule has 29 heavy (non-hydrogen) atoms. The van der Waals surface area contributed by atoms with Gasteiger partial charge in [-0.05, 0) is 26.0 Å². The van der Waals surface area contributed by atoms with Gasteiger partial charge < -0.3 is 14.8 Å². The highest BCUT2D eigenvalue weighted by atomic mass is 16.5. The lowest BCUT2D eigenvalue weighted by atomic mass is 10.2. The largest absolute Gasteiger partial charge is 0.495 e. The Balaban J connectivity index is 2.08. The van der Waals surface area contributed by atoms with Crippen LogP contribution in [0.4, 0.5) is 5.69 Å². The molecule has 0 spiro atoms. The number of hydrogen-bond acceptors (Lipinski definition) is 6. The lowest BCUT2D eigenvalue weighted by Crippen LogP contribution is -2.42. The molecule has 0 bridgehead atoms. The summed E-state index contributed by atoms with van der Waals surface area (Å²) in [4.78, 5) is 42.6. The number of carbonyl (C=O) groups excluding carboxylic acids is 1. The molecule has 3 aromatic rings. The van der Waals surface area contributed by atoms with E-state index in [1.807, 2.05) is 0 Å². The molecule has 3 rings (SSSR count). The number of pyridine rings is 1. The van der Waals surface area contributed by atoms with Crippen LogP contribution in [0.3, 0.4) is 0 Å². The molecule has 0 unspecified atom stereocenters. The van der Waals surface area contributed by atoms with Gasteiger partial charge in [0.25, 0.3) is 5.56 Å². The first kappa shape index (κ1) is 20.1. The second-order valence-corrected chi connectivity index (χ2v) is 6.38. The van der Waals surface area contributed by atoms with Gasteiger partial charge in [-0.15, -0.1) is 0 Å². The Kier molecular flexibility index (Phi) is 5.67. The molecule has 0 saturated carbocycles. The van der Waals surface area contributed by atoms with E-state index in [-0.39, 0.29) is 11.0 Å². The number of ether oxygens (including phenoxy) is 2. The fraction of sp³-hybridized carbons (Fsp3) is 0.300. The third-order valence-electron chi connectivity index (χ3n) is 4.46. The summed E-state index contributed by atoms with van der Waals surface area (Å²) >= 11 is 0. The fourth-order valence-electron chi connectivity index (χ4n) is 3.07. The minimum Gasteiger partial charge on any atom is -0.495 e. The lowest BCUT2D eigenvalue weighted by Gasteiger charge is -2.15. The number of para-hydroxylation sites is 2. The van der Waals surface area contributed by atoms with E-state index < -0.39 is 23.7 Å². The van der Waals surface area contributed by atoms with Crippen molar-refractivity contribution in [3.05, 3.63) is 56.9 Å². The average Bonchev–Trinajstić information content (AvgIpc) is 2.71. The van der Waals surface area contributed by atoms with Gasteiger partial charge in [0.15, 0.2) is 5.65 Å². The van der Waals surface area contributed by atoms with E-state index in [1.165, 1.54) is 18.7 Å². The van der Waals surface area contributed by atoms with Crippen molar-refractivity contribution < 1.29 is 14.3 Å². The van der Waals surface area contributed by atoms with E-state index >= 15 is 0 Å². The van der Waals surface area contributed by atoms with E-state index in [0.717, 1.165) is 4.57 Å². The maximum Gasteiger partial charge on any atom is 0.332 e. The van der Waals surface area contributed by atoms with E-state index in [4.69, 9.17) is 9.47 Å². The molecule has 152 valence electrons. The predicted molar refractivity (Wildman–Crippen MR) is 109 cm³/mol. The van der Waals surface area contributed by atoms with Crippen molar-refractivity contribution in [1.82, 2.24) is 14.1 Å². The molecular formula is C20H22N4O5. The molecular weight excluding hydrogens is 376 g/mol. The molecule has 1 aromatic carbocycles. The van der Waals surface area contributed by atoms with Crippen LogP contribution in [-0.4, -0.2) is 33.7 Å². The minimum absolute atomic E-state index is 0.166. The second-order valence-electron chi connectivity index (χ2n) is 6.38. The summed E-state index contributed by atoms with van der Waals surface area (Å²) in [6.45, 7) is 3.45. The van der Waals surface area contributed by atoms with Crippen molar-refractivity contribution in [3.8, 4) is 11.5 Å². The average molecular weight is 398 g/mol. The number of aromatic nitrogens is 3. The number of hydrogen-bond donors (Lipinski definition) is 1. The highest BCUT2D eigenvalue weighted by Crippen LogP contribution is 2.25. The number of anilines is 1. The Morgan fingerprint density at radius 3 is 2.66 bits per heavy atom. The summed E-state index contributed by atoms with van der Waals surface area (Å²) in [6.07, 6.45) is 1.55. The smallest absolute Gasteiger partial charge is 0.332 e. The molecule has 9 heteroatoms. The zero-order valence-electron chi connectivity index (χ0n) is 16.7. The number of carbonyl (C=O) groups is 1. The van der Waals surface area contributed by atoms with Gasteiger partial charge in [-0.2, -0.15) is 0 Å². The van der Waals surface area contributed by atoms with E-state index in [1.54, 1.807) is 44.3 Å². The van der Waals surface area contributed by atoms with Gasteiger partial charge in [0, 0.05) is 18.8 Å². The first-order valence-electron chi connectivity index (χ1n) is 9.03. The second kappa shape index (κ2) is 8.17. The number of rotatable bonds is 6. The molecule has 2 heterocycles. The predicted octanol–water partition coefficient (Wildman–Crippen LogP) is 1.45. The molecule has 0 aliphatic heterocycles. The molecule has 0 fully saturated rings. The van der Waals surface area contributed by atoms with E-state index in [9.17, 15) is 14.4 Å². The topological polar surface area (TPSA) is 104 Å². The summed E-state index contributed by atoms with van der Waals surface area (Å²) in [5.74, 6) is 0.293. The van der Waals surface area contributed by atoms with Crippen molar-refractivity contribution in [1.29, 1.82) is 0 Å². The summed E-state index contributed by atoms with van der Waals surface area (Å²) in [5.41, 5.74) is 0.0446. The van der Waals surface area contributed by atoms with Gasteiger partial charge in [-0.3, -0.25) is 14.2 Å². The van der Waals surface area contributed by atoms with Crippen LogP contribution < -0.4 is 26.0 Å². The van der Waals surface area contributed by atoms with Crippen molar-refractivity contribution in [2.75, 3.05) is 19.0 Å². The number of nitrogens with zero attached hydrogens (tertiary/aromatic N) is 3. The molecule has 1 amide bonds. The Labute approximate surface area is 166 Å². The summed E-state index contributed by atoms with van der Waals surface area (Å²) < 4.78 is 12.9. The molecule has 0 aliphatic rings. The van der Waals surface area contributed by atoms with Crippen LogP contribution in [0.25, 0.3) is 11.0 Å². The Morgan fingerprint density at radius 2 is 1.97 bits per heavy atom. The van der Waals surface area contributed by atoms with Gasteiger partial charge >= 0.3 is 5.69 Å². The standard InChI is InChI=1S/C20H22N4O5/c1-5-29-17-12(2)10-21-18-16(17)19(26)24(20(27)23(18)3)11-15(25)22-13-8-6-7-9-14(13)28-4/h6-10H,5,11H2,1-4H3,(H,22,25). The van der Waals surface area contributed by atoms with Gasteiger partial charge in [0.1, 0.15) is 23.4 Å². The normalized spacial score (nSPS) is 10.8. The number of aryl methyl sites for hydroxylation is 2. The van der Waals surface area contributed by atoms with Crippen molar-refractivity contribution in [2.24, 2.45) is 7.05 Å². The summed E-state index contributed by atoms with van der Waals surface area (Å²) in [5, 5.41) is 2.83. The van der Waals surface area contributed by atoms with Crippen molar-refractivity contribution in [3.63, 3.8) is 0 Å². The van der Waals surface area contributed by atoms with Gasteiger partial charge in [-0.1, -0.05) is 12.1 Å². The van der Waals surface area contributed by atoms with Crippen molar-refractivity contribution >= 4 is 22.6 Å². The van der Waals surface area contributed by atoms with Gasteiger partial charge in [-0.25, -0.2) is 14.3 Å². The number of methoxy groups -OCH3 is 1. The van der Waals surface area contributed by atoms with Crippen LogP contribution in [0.2, 0.25) is 0 Å². The molecule has 9 nitrogen and oxygen atoms in total. The zero-order chi connectivity index (χ0) is 21.1. The minimum atomic E-state index is -0.642. The molecule has 2 aromatic heterocycles. The zero-order valence-corrected chi connectivity index (χ0v) is 16.7. The SMILES string of the molecule is CCOc1c(C)cnc2c1c(=O)n(CC(=O)Nc1ccccc1OC)c(=O)n2C. The molecule has 1 N–H and O–H groups in total. The summed E-state index contributed by atoms with van der Waals surface area (Å²) in [7, 11) is 2.98. The molecule has 0 radical (unpaired) electrons. The van der Waals surface area contributed by atoms with Crippen LogP contribution >= 0.6 is 0 Å². The van der Waals surface area contributed by atoms with Crippen LogP contribution in [0, 0.1) is 6.92 Å². The summed E-state index contributed by atoms with van der Waals surface area (Å²) in [6, 6.07) is 6.86. The molecule has 0 aliphatic carbocycles. The first-order valence-corrected chi connectivity index (χ1v) is 9.03. The Morgan fingerprint density at radius 1 is 1.24 bits per heavy atom. The Bertz CT molecular complexity index is 1200. The number of amides is 1. The van der Waals surface area contributed by atoms with E-state index in [0.29, 0.717) is 29.4 Å². The van der Waals surface area contributed by atoms with Crippen molar-refractivity contribution in [2.45, 2.75) is 20.4 Å². The maximum atomic E-state index is 13.1. The maximum absolute atomic E-state index is 13.1. The van der Waals surface area contributed by atoms with Crippen LogP contribution in [-0.2, 0) is 18.4 Å². The molecule has 0 saturated heterocycles. The Hall–Kier alpha value is -3.62. The highest BCUT2D eigenvalue weighted by Gasteiger charge is 2.20. The van der Waals surface area contributed by atoms with Crippen LogP contribution in [0.15, 0.2) is 40.1 Å². The third-order valence-corrected chi connectivity index (χ3v) is 4.46. The fourth-order valence-corrected chi connectivity index (χ4v) is 3.07. The van der Waals surface area contributed by atoms with Crippen LogP contribution in [0.1, 0.15) is 12.5 Å². The van der Waals surface area contributed by atoms with Gasteiger partial charge in [0.05, 0.1) is 19.4 Å². The van der Waals surface area contributed by atoms with Gasteiger partial charge in [0.2, 0.25) is 5.91 Å². The quantitative estimate of drug-likeness (QED) is 0.674. The molecule has 0 atom stereocenters. The number of benzene rings is 1.